The monoisotopic (exact) mass is 308 g/mol. The number of rotatable bonds is 3. The maximum Gasteiger partial charge on any atom is 0.244 e. The highest BCUT2D eigenvalue weighted by Gasteiger charge is 2.23. The van der Waals surface area contributed by atoms with Crippen molar-refractivity contribution in [3.05, 3.63) is 59.9 Å². The van der Waals surface area contributed by atoms with E-state index in [4.69, 9.17) is 8.83 Å². The van der Waals surface area contributed by atoms with Gasteiger partial charge < -0.3 is 14.2 Å². The Morgan fingerprint density at radius 1 is 1.30 bits per heavy atom. The predicted molar refractivity (Wildman–Crippen MR) is 85.6 cm³/mol. The lowest BCUT2D eigenvalue weighted by atomic mass is 9.93. The molecule has 0 spiro atoms. The number of carbonyl (C=O) groups is 1. The van der Waals surface area contributed by atoms with Gasteiger partial charge in [0.2, 0.25) is 11.8 Å². The number of furan rings is 1. The van der Waals surface area contributed by atoms with Gasteiger partial charge in [-0.25, -0.2) is 4.98 Å². The van der Waals surface area contributed by atoms with Crippen molar-refractivity contribution in [2.75, 3.05) is 0 Å². The molecule has 2 aromatic heterocycles. The number of amides is 1. The molecule has 0 aliphatic heterocycles. The van der Waals surface area contributed by atoms with E-state index in [1.165, 1.54) is 6.08 Å². The second-order valence-corrected chi connectivity index (χ2v) is 5.61. The van der Waals surface area contributed by atoms with E-state index in [2.05, 4.69) is 10.3 Å². The Bertz CT molecular complexity index is 842. The highest BCUT2D eigenvalue weighted by atomic mass is 16.3. The molecule has 3 aromatic rings. The van der Waals surface area contributed by atoms with Crippen LogP contribution in [0, 0.1) is 0 Å². The summed E-state index contributed by atoms with van der Waals surface area (Å²) in [6.07, 6.45) is 7.61. The van der Waals surface area contributed by atoms with Crippen LogP contribution in [0.15, 0.2) is 51.5 Å². The smallest absolute Gasteiger partial charge is 0.244 e. The minimum Gasteiger partial charge on any atom is -0.469 e. The van der Waals surface area contributed by atoms with Gasteiger partial charge in [0, 0.05) is 24.1 Å². The van der Waals surface area contributed by atoms with Gasteiger partial charge in [-0.2, -0.15) is 0 Å². The molecule has 1 amide bonds. The molecule has 0 radical (unpaired) electrons. The van der Waals surface area contributed by atoms with Gasteiger partial charge in [0.15, 0.2) is 5.58 Å². The quantitative estimate of drug-likeness (QED) is 0.750. The van der Waals surface area contributed by atoms with Gasteiger partial charge >= 0.3 is 0 Å². The van der Waals surface area contributed by atoms with Gasteiger partial charge in [-0.1, -0.05) is 12.1 Å². The summed E-state index contributed by atoms with van der Waals surface area (Å²) < 4.78 is 11.0. The van der Waals surface area contributed by atoms with Crippen LogP contribution in [0.2, 0.25) is 0 Å². The summed E-state index contributed by atoms with van der Waals surface area (Å²) in [5.41, 5.74) is 2.57. The van der Waals surface area contributed by atoms with Crippen LogP contribution in [0.25, 0.3) is 17.2 Å². The lowest BCUT2D eigenvalue weighted by Crippen LogP contribution is -2.29. The number of hydrogen-bond acceptors (Lipinski definition) is 4. The van der Waals surface area contributed by atoms with E-state index >= 15 is 0 Å². The third kappa shape index (κ3) is 2.77. The van der Waals surface area contributed by atoms with Gasteiger partial charge in [-0.05, 0) is 31.0 Å². The zero-order valence-electron chi connectivity index (χ0n) is 12.5. The Labute approximate surface area is 133 Å². The summed E-state index contributed by atoms with van der Waals surface area (Å²) >= 11 is 0. The van der Waals surface area contributed by atoms with Crippen LogP contribution < -0.4 is 5.32 Å². The van der Waals surface area contributed by atoms with E-state index in [1.54, 1.807) is 12.3 Å². The topological polar surface area (TPSA) is 68.3 Å². The Morgan fingerprint density at radius 2 is 2.22 bits per heavy atom. The van der Waals surface area contributed by atoms with E-state index in [1.807, 2.05) is 30.3 Å². The van der Waals surface area contributed by atoms with Crippen molar-refractivity contribution >= 4 is 23.1 Å². The van der Waals surface area contributed by atoms with Crippen molar-refractivity contribution in [3.63, 3.8) is 0 Å². The van der Waals surface area contributed by atoms with Crippen molar-refractivity contribution < 1.29 is 13.6 Å². The molecule has 5 nitrogen and oxygen atoms in total. The number of aromatic nitrogens is 1. The largest absolute Gasteiger partial charge is 0.469 e. The Kier molecular flexibility index (Phi) is 3.46. The van der Waals surface area contributed by atoms with Crippen molar-refractivity contribution in [1.82, 2.24) is 10.3 Å². The molecule has 4 rings (SSSR count). The molecule has 116 valence electrons. The molecule has 23 heavy (non-hydrogen) atoms. The molecule has 5 heteroatoms. The predicted octanol–water partition coefficient (Wildman–Crippen LogP) is 3.63. The summed E-state index contributed by atoms with van der Waals surface area (Å²) in [5, 5.41) is 3.01. The third-order valence-electron chi connectivity index (χ3n) is 4.06. The third-order valence-corrected chi connectivity index (χ3v) is 4.06. The number of benzene rings is 1. The SMILES string of the molecule is O=C(C=Cc1nc2ccccc2o1)NC1CCCc2occc21. The number of carbonyl (C=O) groups excluding carboxylic acids is 1. The first-order chi connectivity index (χ1) is 11.3. The first-order valence-corrected chi connectivity index (χ1v) is 7.70. The van der Waals surface area contributed by atoms with Gasteiger partial charge in [-0.15, -0.1) is 0 Å². The van der Waals surface area contributed by atoms with Gasteiger partial charge in [-0.3, -0.25) is 4.79 Å². The minimum absolute atomic E-state index is 0.0123. The molecule has 0 saturated heterocycles. The Balaban J connectivity index is 1.46. The van der Waals surface area contributed by atoms with Crippen molar-refractivity contribution in [3.8, 4) is 0 Å². The van der Waals surface area contributed by atoms with Crippen molar-refractivity contribution in [2.45, 2.75) is 25.3 Å². The molecule has 1 aliphatic rings. The lowest BCUT2D eigenvalue weighted by molar-refractivity contribution is -0.117. The molecule has 0 saturated carbocycles. The number of nitrogens with one attached hydrogen (secondary N) is 1. The average Bonchev–Trinajstić information content (AvgIpc) is 3.19. The summed E-state index contributed by atoms with van der Waals surface area (Å²) in [5.74, 6) is 1.24. The van der Waals surface area contributed by atoms with Crippen molar-refractivity contribution in [1.29, 1.82) is 0 Å². The summed E-state index contributed by atoms with van der Waals surface area (Å²) in [6.45, 7) is 0. The van der Waals surface area contributed by atoms with Gasteiger partial charge in [0.1, 0.15) is 11.3 Å². The second-order valence-electron chi connectivity index (χ2n) is 5.61. The van der Waals surface area contributed by atoms with E-state index < -0.39 is 0 Å². The van der Waals surface area contributed by atoms with Crippen LogP contribution in [0.3, 0.4) is 0 Å². The molecule has 1 N–H and O–H groups in total. The van der Waals surface area contributed by atoms with Crippen LogP contribution in [-0.2, 0) is 11.2 Å². The van der Waals surface area contributed by atoms with Crippen molar-refractivity contribution in [2.24, 2.45) is 0 Å². The van der Waals surface area contributed by atoms with Crippen LogP contribution in [-0.4, -0.2) is 10.9 Å². The second kappa shape index (κ2) is 5.76. The van der Waals surface area contributed by atoms with Crippen LogP contribution in [0.1, 0.15) is 36.1 Å². The van der Waals surface area contributed by atoms with E-state index in [0.717, 1.165) is 36.1 Å². The zero-order chi connectivity index (χ0) is 15.6. The number of aryl methyl sites for hydroxylation is 1. The Morgan fingerprint density at radius 3 is 3.13 bits per heavy atom. The average molecular weight is 308 g/mol. The fourth-order valence-corrected chi connectivity index (χ4v) is 2.96. The summed E-state index contributed by atoms with van der Waals surface area (Å²) in [4.78, 5) is 16.4. The first kappa shape index (κ1) is 13.8. The van der Waals surface area contributed by atoms with Crippen LogP contribution in [0.5, 0.6) is 0 Å². The van der Waals surface area contributed by atoms with Gasteiger partial charge in [0.25, 0.3) is 0 Å². The van der Waals surface area contributed by atoms with Crippen LogP contribution in [0.4, 0.5) is 0 Å². The first-order valence-electron chi connectivity index (χ1n) is 7.70. The molecule has 2 heterocycles. The summed E-state index contributed by atoms with van der Waals surface area (Å²) in [6, 6.07) is 9.46. The fraction of sp³-hybridized carbons (Fsp3) is 0.222. The number of nitrogens with zero attached hydrogens (tertiary/aromatic N) is 1. The fourth-order valence-electron chi connectivity index (χ4n) is 2.96. The van der Waals surface area contributed by atoms with E-state index in [9.17, 15) is 4.79 Å². The highest BCUT2D eigenvalue weighted by Crippen LogP contribution is 2.30. The van der Waals surface area contributed by atoms with Crippen LogP contribution >= 0.6 is 0 Å². The molecule has 1 unspecified atom stereocenters. The maximum absolute atomic E-state index is 12.1. The molecular weight excluding hydrogens is 292 g/mol. The maximum atomic E-state index is 12.1. The number of para-hydroxylation sites is 2. The highest BCUT2D eigenvalue weighted by molar-refractivity contribution is 5.91. The lowest BCUT2D eigenvalue weighted by Gasteiger charge is -2.21. The molecule has 1 atom stereocenters. The molecule has 1 aliphatic carbocycles. The number of hydrogen-bond donors (Lipinski definition) is 1. The molecule has 0 fully saturated rings. The zero-order valence-corrected chi connectivity index (χ0v) is 12.5. The normalized spacial score (nSPS) is 17.5. The summed E-state index contributed by atoms with van der Waals surface area (Å²) in [7, 11) is 0. The van der Waals surface area contributed by atoms with E-state index in [0.29, 0.717) is 11.5 Å². The van der Waals surface area contributed by atoms with Gasteiger partial charge in [0.05, 0.1) is 12.3 Å². The standard InChI is InChI=1S/C18H16N2O3/c21-17(19-13-5-3-7-15-12(13)10-11-22-15)8-9-18-20-14-4-1-2-6-16(14)23-18/h1-2,4,6,8-11,13H,3,5,7H2,(H,19,21). The molecule has 0 bridgehead atoms. The Hall–Kier alpha value is -2.82. The number of oxazole rings is 1. The van der Waals surface area contributed by atoms with E-state index in [-0.39, 0.29) is 11.9 Å². The molecule has 1 aromatic carbocycles. The number of fused-ring (bicyclic) bond motifs is 2. The molecular formula is C18H16N2O3. The minimum atomic E-state index is -0.161.